The third-order valence-corrected chi connectivity index (χ3v) is 9.17. The van der Waals surface area contributed by atoms with Crippen LogP contribution in [0.5, 0.6) is 11.5 Å². The van der Waals surface area contributed by atoms with Gasteiger partial charge in [0.1, 0.15) is 34.9 Å². The first-order chi connectivity index (χ1) is 18.2. The molecule has 0 radical (unpaired) electrons. The number of halogens is 1. The molecule has 1 aliphatic rings. The van der Waals surface area contributed by atoms with E-state index in [1.165, 1.54) is 19.5 Å². The largest absolute Gasteiger partial charge is 0.494 e. The van der Waals surface area contributed by atoms with Gasteiger partial charge in [0.25, 0.3) is 0 Å². The maximum Gasteiger partial charge on any atom is 0.163 e. The summed E-state index contributed by atoms with van der Waals surface area (Å²) in [6, 6.07) is 5.37. The molecule has 0 saturated heterocycles. The van der Waals surface area contributed by atoms with Gasteiger partial charge in [-0.05, 0) is 38.3 Å². The van der Waals surface area contributed by atoms with E-state index in [2.05, 4.69) is 20.2 Å². The van der Waals surface area contributed by atoms with Crippen LogP contribution in [0.15, 0.2) is 30.6 Å². The molecule has 0 bridgehead atoms. The Bertz CT molecular complexity index is 1330. The quantitative estimate of drug-likeness (QED) is 0.339. The number of methoxy groups -OCH3 is 4. The van der Waals surface area contributed by atoms with Gasteiger partial charge in [-0.15, -0.1) is 10.2 Å². The van der Waals surface area contributed by atoms with Crippen molar-refractivity contribution in [3.8, 4) is 17.2 Å². The van der Waals surface area contributed by atoms with Crippen molar-refractivity contribution in [3.05, 3.63) is 53.1 Å². The predicted octanol–water partition coefficient (Wildman–Crippen LogP) is 3.70. The van der Waals surface area contributed by atoms with Crippen LogP contribution in [0.3, 0.4) is 0 Å². The molecular weight excluding hydrogens is 534 g/mol. The summed E-state index contributed by atoms with van der Waals surface area (Å²) in [5.41, 5.74) is 0.542. The zero-order valence-corrected chi connectivity index (χ0v) is 23.6. The molecule has 4 rings (SSSR count). The van der Waals surface area contributed by atoms with Crippen LogP contribution >= 0.6 is 11.6 Å². The van der Waals surface area contributed by atoms with E-state index in [4.69, 9.17) is 30.5 Å². The third-order valence-electron chi connectivity index (χ3n) is 6.94. The maximum absolute atomic E-state index is 13.7. The lowest BCUT2D eigenvalue weighted by Gasteiger charge is -2.22. The molecule has 1 unspecified atom stereocenters. The topological polar surface area (TPSA) is 128 Å². The predicted molar refractivity (Wildman–Crippen MR) is 141 cm³/mol. The molecule has 38 heavy (non-hydrogen) atoms. The lowest BCUT2D eigenvalue weighted by Crippen LogP contribution is -2.30. The van der Waals surface area contributed by atoms with Crippen LogP contribution in [0.25, 0.3) is 5.69 Å². The standard InChI is InChI=1S/C25H32ClN5O6S/c1-15(23(37-5)24-27-12-17(26)13-28-24)38(32,33)14-21-29-30-25(16-9-10-18(11-16)34-2)31(21)22-19(35-3)7-6-8-20(22)36-4/h6-8,12-13,15-16,18,23H,9-11,14H2,1-5H3/t15-,16?,18+,23-/m0/s1. The van der Waals surface area contributed by atoms with E-state index in [1.54, 1.807) is 51.0 Å². The number of sulfone groups is 1. The van der Waals surface area contributed by atoms with E-state index >= 15 is 0 Å². The molecule has 13 heteroatoms. The highest BCUT2D eigenvalue weighted by Crippen LogP contribution is 2.40. The number of nitrogens with zero attached hydrogens (tertiary/aromatic N) is 5. The van der Waals surface area contributed by atoms with Gasteiger partial charge in [0.15, 0.2) is 21.5 Å². The van der Waals surface area contributed by atoms with Gasteiger partial charge < -0.3 is 18.9 Å². The Labute approximate surface area is 227 Å². The summed E-state index contributed by atoms with van der Waals surface area (Å²) in [6.45, 7) is 1.56. The van der Waals surface area contributed by atoms with Gasteiger partial charge in [-0.1, -0.05) is 17.7 Å². The first-order valence-electron chi connectivity index (χ1n) is 12.1. The molecule has 0 N–H and O–H groups in total. The second-order valence-electron chi connectivity index (χ2n) is 9.12. The highest BCUT2D eigenvalue weighted by molar-refractivity contribution is 7.91. The van der Waals surface area contributed by atoms with E-state index in [0.29, 0.717) is 28.0 Å². The third kappa shape index (κ3) is 5.63. The molecule has 206 valence electrons. The highest BCUT2D eigenvalue weighted by atomic mass is 35.5. The molecule has 2 heterocycles. The van der Waals surface area contributed by atoms with Gasteiger partial charge in [0.2, 0.25) is 0 Å². The monoisotopic (exact) mass is 565 g/mol. The molecule has 1 saturated carbocycles. The van der Waals surface area contributed by atoms with Crippen molar-refractivity contribution < 1.29 is 27.4 Å². The molecule has 1 aromatic carbocycles. The van der Waals surface area contributed by atoms with Crippen molar-refractivity contribution in [2.24, 2.45) is 0 Å². The Hall–Kier alpha value is -2.80. The number of hydrogen-bond acceptors (Lipinski definition) is 10. The van der Waals surface area contributed by atoms with Crippen LogP contribution in [-0.2, 0) is 25.1 Å². The van der Waals surface area contributed by atoms with E-state index in [0.717, 1.165) is 19.3 Å². The van der Waals surface area contributed by atoms with Gasteiger partial charge in [-0.25, -0.2) is 18.4 Å². The smallest absolute Gasteiger partial charge is 0.163 e. The molecule has 2 aromatic heterocycles. The first kappa shape index (κ1) is 28.2. The zero-order valence-electron chi connectivity index (χ0n) is 22.0. The number of aromatic nitrogens is 5. The van der Waals surface area contributed by atoms with E-state index in [1.807, 2.05) is 0 Å². The molecule has 3 aromatic rings. The van der Waals surface area contributed by atoms with Crippen molar-refractivity contribution in [3.63, 3.8) is 0 Å². The lowest BCUT2D eigenvalue weighted by molar-refractivity contribution is 0.0948. The molecule has 4 atom stereocenters. The molecule has 0 spiro atoms. The lowest BCUT2D eigenvalue weighted by atomic mass is 10.1. The number of ether oxygens (including phenoxy) is 4. The Kier molecular flexibility index (Phi) is 8.86. The van der Waals surface area contributed by atoms with E-state index < -0.39 is 26.9 Å². The fourth-order valence-electron chi connectivity index (χ4n) is 4.85. The Morgan fingerprint density at radius 3 is 2.26 bits per heavy atom. The zero-order chi connectivity index (χ0) is 27.4. The minimum absolute atomic E-state index is 0.0186. The average molecular weight is 566 g/mol. The second kappa shape index (κ2) is 11.9. The van der Waals surface area contributed by atoms with Crippen LogP contribution < -0.4 is 9.47 Å². The van der Waals surface area contributed by atoms with Gasteiger partial charge in [-0.3, -0.25) is 4.57 Å². The SMILES string of the molecule is COc1cccc(OC)c1-n1c(CS(=O)(=O)[C@@H](C)[C@H](OC)c2ncc(Cl)cn2)nnc1C1CC[C@@H](OC)C1. The number of hydrogen-bond donors (Lipinski definition) is 0. The number of rotatable bonds is 11. The minimum Gasteiger partial charge on any atom is -0.494 e. The van der Waals surface area contributed by atoms with Crippen molar-refractivity contribution in [2.45, 2.75) is 55.3 Å². The Morgan fingerprint density at radius 2 is 1.71 bits per heavy atom. The van der Waals surface area contributed by atoms with Crippen LogP contribution in [0.2, 0.25) is 5.02 Å². The Morgan fingerprint density at radius 1 is 1.05 bits per heavy atom. The first-order valence-corrected chi connectivity index (χ1v) is 14.2. The molecule has 11 nitrogen and oxygen atoms in total. The second-order valence-corrected chi connectivity index (χ2v) is 11.9. The summed E-state index contributed by atoms with van der Waals surface area (Å²) >= 11 is 5.91. The van der Waals surface area contributed by atoms with Crippen molar-refractivity contribution in [2.75, 3.05) is 28.4 Å². The summed E-state index contributed by atoms with van der Waals surface area (Å²) in [5.74, 6) is 1.71. The fourth-order valence-corrected chi connectivity index (χ4v) is 6.37. The van der Waals surface area contributed by atoms with E-state index in [9.17, 15) is 8.42 Å². The van der Waals surface area contributed by atoms with Crippen LogP contribution in [0, 0.1) is 0 Å². The average Bonchev–Trinajstić information content (AvgIpc) is 3.56. The van der Waals surface area contributed by atoms with Crippen molar-refractivity contribution in [1.82, 2.24) is 24.7 Å². The van der Waals surface area contributed by atoms with Crippen LogP contribution in [0.1, 0.15) is 55.7 Å². The fraction of sp³-hybridized carbons (Fsp3) is 0.520. The van der Waals surface area contributed by atoms with Gasteiger partial charge >= 0.3 is 0 Å². The van der Waals surface area contributed by atoms with Crippen molar-refractivity contribution in [1.29, 1.82) is 0 Å². The summed E-state index contributed by atoms with van der Waals surface area (Å²) in [5, 5.41) is 8.20. The summed E-state index contributed by atoms with van der Waals surface area (Å²) in [7, 11) is 2.36. The summed E-state index contributed by atoms with van der Waals surface area (Å²) in [6.07, 6.45) is 4.44. The molecule has 1 aliphatic carbocycles. The van der Waals surface area contributed by atoms with Crippen LogP contribution in [0.4, 0.5) is 0 Å². The van der Waals surface area contributed by atoms with E-state index in [-0.39, 0.29) is 23.7 Å². The summed E-state index contributed by atoms with van der Waals surface area (Å²) in [4.78, 5) is 8.33. The molecule has 1 fully saturated rings. The molecule has 0 amide bonds. The number of benzene rings is 1. The maximum atomic E-state index is 13.7. The minimum atomic E-state index is -3.85. The van der Waals surface area contributed by atoms with Crippen LogP contribution in [-0.4, -0.2) is 72.9 Å². The van der Waals surface area contributed by atoms with Gasteiger partial charge in [0, 0.05) is 32.5 Å². The number of para-hydroxylation sites is 1. The van der Waals surface area contributed by atoms with Crippen molar-refractivity contribution >= 4 is 21.4 Å². The normalized spacial score (nSPS) is 19.3. The highest BCUT2D eigenvalue weighted by Gasteiger charge is 2.37. The Balaban J connectivity index is 1.78. The van der Waals surface area contributed by atoms with Gasteiger partial charge in [-0.2, -0.15) is 0 Å². The summed E-state index contributed by atoms with van der Waals surface area (Å²) < 4.78 is 51.6. The molecule has 0 aliphatic heterocycles. The molecular formula is C25H32ClN5O6S. The van der Waals surface area contributed by atoms with Gasteiger partial charge in [0.05, 0.1) is 30.6 Å².